The Bertz CT molecular complexity index is 783. The van der Waals surface area contributed by atoms with Crippen molar-refractivity contribution in [3.05, 3.63) is 71.0 Å². The highest BCUT2D eigenvalue weighted by Crippen LogP contribution is 2.24. The van der Waals surface area contributed by atoms with Gasteiger partial charge in [-0.25, -0.2) is 14.0 Å². The van der Waals surface area contributed by atoms with E-state index in [-0.39, 0.29) is 25.1 Å². The van der Waals surface area contributed by atoms with Gasteiger partial charge < -0.3 is 25.4 Å². The van der Waals surface area contributed by atoms with Gasteiger partial charge in [-0.3, -0.25) is 0 Å². The summed E-state index contributed by atoms with van der Waals surface area (Å²) in [4.78, 5) is 22.5. The van der Waals surface area contributed by atoms with Gasteiger partial charge in [0.15, 0.2) is 0 Å². The molecular formula is C19H20FNO6. The molecule has 8 heteroatoms. The number of aliphatic hydroxyl groups excluding tert-OH is 2. The number of aromatic carboxylic acids is 1. The molecule has 0 saturated carbocycles. The monoisotopic (exact) mass is 377 g/mol. The number of carboxylic acid groups (broad SMARTS) is 1. The second-order valence-electron chi connectivity index (χ2n) is 5.80. The van der Waals surface area contributed by atoms with Crippen LogP contribution in [0.15, 0.2) is 48.5 Å². The van der Waals surface area contributed by atoms with Crippen molar-refractivity contribution < 1.29 is 34.0 Å². The molecule has 0 aliphatic carbocycles. The number of benzene rings is 2. The zero-order valence-corrected chi connectivity index (χ0v) is 14.3. The summed E-state index contributed by atoms with van der Waals surface area (Å²) < 4.78 is 19.1. The van der Waals surface area contributed by atoms with Gasteiger partial charge in [-0.05, 0) is 18.1 Å². The predicted octanol–water partition coefficient (Wildman–Crippen LogP) is 2.23. The Morgan fingerprint density at radius 3 is 2.44 bits per heavy atom. The number of aliphatic hydroxyl groups is 2. The number of rotatable bonds is 8. The van der Waals surface area contributed by atoms with Crippen molar-refractivity contribution >= 4 is 12.1 Å². The molecule has 4 N–H and O–H groups in total. The average molecular weight is 377 g/mol. The summed E-state index contributed by atoms with van der Waals surface area (Å²) in [5.41, 5.74) is -0.104. The first kappa shape index (κ1) is 20.3. The van der Waals surface area contributed by atoms with Crippen LogP contribution in [-0.2, 0) is 11.3 Å². The maximum atomic E-state index is 14.1. The molecule has 1 amide bonds. The normalized spacial score (nSPS) is 12.9. The lowest BCUT2D eigenvalue weighted by atomic mass is 9.99. The fourth-order valence-electron chi connectivity index (χ4n) is 2.40. The number of alkyl carbamates (subject to hydrolysis) is 1. The SMILES string of the molecule is O=C(NCCC(O)C(O)c1cccc(C(=O)O)c1F)OCc1ccccc1. The van der Waals surface area contributed by atoms with Crippen LogP contribution >= 0.6 is 0 Å². The minimum atomic E-state index is -1.63. The molecule has 0 heterocycles. The van der Waals surface area contributed by atoms with Gasteiger partial charge >= 0.3 is 12.1 Å². The van der Waals surface area contributed by atoms with Gasteiger partial charge in [0.2, 0.25) is 0 Å². The van der Waals surface area contributed by atoms with Gasteiger partial charge in [-0.2, -0.15) is 0 Å². The Kier molecular flexibility index (Phi) is 7.27. The second kappa shape index (κ2) is 9.65. The fourth-order valence-corrected chi connectivity index (χ4v) is 2.40. The lowest BCUT2D eigenvalue weighted by Gasteiger charge is -2.19. The molecule has 2 rings (SSSR count). The van der Waals surface area contributed by atoms with Crippen LogP contribution in [0.1, 0.15) is 34.0 Å². The van der Waals surface area contributed by atoms with E-state index in [4.69, 9.17) is 9.84 Å². The highest BCUT2D eigenvalue weighted by Gasteiger charge is 2.24. The smallest absolute Gasteiger partial charge is 0.407 e. The van der Waals surface area contributed by atoms with E-state index in [1.807, 2.05) is 18.2 Å². The molecule has 0 fully saturated rings. The zero-order chi connectivity index (χ0) is 19.8. The Morgan fingerprint density at radius 1 is 1.07 bits per heavy atom. The summed E-state index contributed by atoms with van der Waals surface area (Å²) in [5.74, 6) is -2.58. The van der Waals surface area contributed by atoms with Crippen molar-refractivity contribution in [3.8, 4) is 0 Å². The largest absolute Gasteiger partial charge is 0.478 e. The first-order valence-corrected chi connectivity index (χ1v) is 8.22. The minimum Gasteiger partial charge on any atom is -0.478 e. The number of hydrogen-bond acceptors (Lipinski definition) is 5. The third-order valence-corrected chi connectivity index (χ3v) is 3.86. The number of hydrogen-bond donors (Lipinski definition) is 4. The van der Waals surface area contributed by atoms with E-state index in [1.54, 1.807) is 12.1 Å². The molecule has 0 aliphatic heterocycles. The molecule has 0 bridgehead atoms. The summed E-state index contributed by atoms with van der Waals surface area (Å²) in [6, 6.07) is 12.6. The Labute approximate surface area is 155 Å². The molecule has 0 aliphatic rings. The molecule has 0 saturated heterocycles. The van der Waals surface area contributed by atoms with E-state index in [2.05, 4.69) is 5.32 Å². The van der Waals surface area contributed by atoms with Crippen molar-refractivity contribution in [2.24, 2.45) is 0 Å². The van der Waals surface area contributed by atoms with Crippen molar-refractivity contribution in [2.45, 2.75) is 25.2 Å². The topological polar surface area (TPSA) is 116 Å². The molecule has 0 aromatic heterocycles. The van der Waals surface area contributed by atoms with Crippen LogP contribution in [0.3, 0.4) is 0 Å². The van der Waals surface area contributed by atoms with Gasteiger partial charge in [-0.1, -0.05) is 42.5 Å². The van der Waals surface area contributed by atoms with Crippen LogP contribution in [0, 0.1) is 5.82 Å². The Hall–Kier alpha value is -2.97. The standard InChI is InChI=1S/C19H20FNO6/c20-16-13(7-4-8-14(16)18(24)25)17(23)15(22)9-10-21-19(26)27-11-12-5-2-1-3-6-12/h1-8,15,17,22-23H,9-11H2,(H,21,26)(H,24,25). The maximum absolute atomic E-state index is 14.1. The number of carbonyl (C=O) groups excluding carboxylic acids is 1. The molecule has 7 nitrogen and oxygen atoms in total. The summed E-state index contributed by atoms with van der Waals surface area (Å²) in [7, 11) is 0. The molecule has 27 heavy (non-hydrogen) atoms. The minimum absolute atomic E-state index is 0.0217. The summed E-state index contributed by atoms with van der Waals surface area (Å²) in [6.07, 6.45) is -3.82. The van der Waals surface area contributed by atoms with Crippen LogP contribution < -0.4 is 5.32 Å². The van der Waals surface area contributed by atoms with E-state index in [0.29, 0.717) is 0 Å². The van der Waals surface area contributed by atoms with E-state index in [9.17, 15) is 24.2 Å². The Balaban J connectivity index is 1.81. The molecule has 0 spiro atoms. The highest BCUT2D eigenvalue weighted by molar-refractivity contribution is 5.88. The molecule has 0 radical (unpaired) electrons. The molecular weight excluding hydrogens is 357 g/mol. The van der Waals surface area contributed by atoms with Crippen LogP contribution in [-0.4, -0.2) is 40.0 Å². The molecule has 2 aromatic rings. The third-order valence-electron chi connectivity index (χ3n) is 3.86. The molecule has 2 atom stereocenters. The number of halogens is 1. The quantitative estimate of drug-likeness (QED) is 0.561. The summed E-state index contributed by atoms with van der Waals surface area (Å²) >= 11 is 0. The Morgan fingerprint density at radius 2 is 1.78 bits per heavy atom. The van der Waals surface area contributed by atoms with E-state index >= 15 is 0 Å². The second-order valence-corrected chi connectivity index (χ2v) is 5.80. The zero-order valence-electron chi connectivity index (χ0n) is 14.3. The first-order valence-electron chi connectivity index (χ1n) is 8.22. The maximum Gasteiger partial charge on any atom is 0.407 e. The first-order chi connectivity index (χ1) is 12.9. The fraction of sp³-hybridized carbons (Fsp3) is 0.263. The predicted molar refractivity (Wildman–Crippen MR) is 93.6 cm³/mol. The third kappa shape index (κ3) is 5.77. The number of amides is 1. The van der Waals surface area contributed by atoms with Crippen molar-refractivity contribution in [3.63, 3.8) is 0 Å². The van der Waals surface area contributed by atoms with Gasteiger partial charge in [-0.15, -0.1) is 0 Å². The van der Waals surface area contributed by atoms with Gasteiger partial charge in [0.1, 0.15) is 18.5 Å². The van der Waals surface area contributed by atoms with Crippen molar-refractivity contribution in [1.82, 2.24) is 5.32 Å². The number of nitrogens with one attached hydrogen (secondary N) is 1. The van der Waals surface area contributed by atoms with Crippen molar-refractivity contribution in [2.75, 3.05) is 6.54 Å². The van der Waals surface area contributed by atoms with Gasteiger partial charge in [0.05, 0.1) is 11.7 Å². The van der Waals surface area contributed by atoms with Crippen LogP contribution in [0.4, 0.5) is 9.18 Å². The number of ether oxygens (including phenoxy) is 1. The van der Waals surface area contributed by atoms with Crippen LogP contribution in [0.5, 0.6) is 0 Å². The summed E-state index contributed by atoms with van der Waals surface area (Å²) in [6.45, 7) is 0.0666. The lowest BCUT2D eigenvalue weighted by molar-refractivity contribution is 0.0114. The average Bonchev–Trinajstić information content (AvgIpc) is 2.66. The molecule has 2 unspecified atom stereocenters. The molecule has 2 aromatic carbocycles. The van der Waals surface area contributed by atoms with Crippen LogP contribution in [0.25, 0.3) is 0 Å². The van der Waals surface area contributed by atoms with Crippen molar-refractivity contribution in [1.29, 1.82) is 0 Å². The number of carboxylic acids is 1. The van der Waals surface area contributed by atoms with E-state index in [0.717, 1.165) is 11.6 Å². The lowest BCUT2D eigenvalue weighted by Crippen LogP contribution is -2.30. The highest BCUT2D eigenvalue weighted by atomic mass is 19.1. The van der Waals surface area contributed by atoms with Crippen LogP contribution in [0.2, 0.25) is 0 Å². The number of carbonyl (C=O) groups is 2. The van der Waals surface area contributed by atoms with E-state index < -0.39 is 35.7 Å². The molecule has 144 valence electrons. The van der Waals surface area contributed by atoms with Gasteiger partial charge in [0.25, 0.3) is 0 Å². The van der Waals surface area contributed by atoms with E-state index in [1.165, 1.54) is 12.1 Å². The summed E-state index contributed by atoms with van der Waals surface area (Å²) in [5, 5.41) is 31.4. The van der Waals surface area contributed by atoms with Gasteiger partial charge in [0, 0.05) is 12.1 Å².